The highest BCUT2D eigenvalue weighted by atomic mass is 16.2. The minimum Gasteiger partial charge on any atom is -0.303 e. The largest absolute Gasteiger partial charge is 0.303 e. The number of hydrogen-bond acceptors (Lipinski definition) is 3. The van der Waals surface area contributed by atoms with Crippen molar-refractivity contribution < 1.29 is 4.79 Å². The number of carbonyl (C=O) groups is 1. The van der Waals surface area contributed by atoms with Gasteiger partial charge in [0.25, 0.3) is 5.91 Å². The van der Waals surface area contributed by atoms with E-state index >= 15 is 0 Å². The first kappa shape index (κ1) is 15.7. The van der Waals surface area contributed by atoms with Gasteiger partial charge in [-0.25, -0.2) is 5.43 Å². The molecule has 114 valence electrons. The smallest absolute Gasteiger partial charge is 0.271 e. The van der Waals surface area contributed by atoms with Gasteiger partial charge in [0.15, 0.2) is 0 Å². The first-order valence-electron chi connectivity index (χ1n) is 7.78. The van der Waals surface area contributed by atoms with Crippen LogP contribution in [0.2, 0.25) is 0 Å². The maximum Gasteiger partial charge on any atom is 0.271 e. The molecule has 0 aromatic heterocycles. The second-order valence-electron chi connectivity index (χ2n) is 5.83. The van der Waals surface area contributed by atoms with Crippen molar-refractivity contribution >= 4 is 11.6 Å². The van der Waals surface area contributed by atoms with E-state index in [4.69, 9.17) is 0 Å². The number of amides is 1. The number of likely N-dealkylation sites (tertiary alicyclic amines) is 1. The van der Waals surface area contributed by atoms with Crippen molar-refractivity contribution in [1.82, 2.24) is 10.3 Å². The highest BCUT2D eigenvalue weighted by molar-refractivity contribution is 5.95. The lowest BCUT2D eigenvalue weighted by Gasteiger charge is -2.25. The van der Waals surface area contributed by atoms with E-state index in [2.05, 4.69) is 36.2 Å². The molecule has 1 fully saturated rings. The molecule has 21 heavy (non-hydrogen) atoms. The zero-order valence-corrected chi connectivity index (χ0v) is 13.2. The fourth-order valence-electron chi connectivity index (χ4n) is 2.45. The molecule has 0 saturated carbocycles. The highest BCUT2D eigenvalue weighted by Crippen LogP contribution is 2.14. The fourth-order valence-corrected chi connectivity index (χ4v) is 2.45. The standard InChI is InChI=1S/C17H25N3O/c1-4-20-11-9-16(10-12-20)18-19-17(21)15-7-5-14(6-8-15)13(2)3/h5-8,13H,4,9-12H2,1-3H3,(H,19,21). The number of piperidine rings is 1. The van der Waals surface area contributed by atoms with Crippen LogP contribution in [0.25, 0.3) is 0 Å². The van der Waals surface area contributed by atoms with Gasteiger partial charge in [0.1, 0.15) is 0 Å². The van der Waals surface area contributed by atoms with E-state index in [9.17, 15) is 4.79 Å². The summed E-state index contributed by atoms with van der Waals surface area (Å²) in [6, 6.07) is 7.74. The molecule has 1 heterocycles. The van der Waals surface area contributed by atoms with Gasteiger partial charge in [-0.3, -0.25) is 4.79 Å². The maximum absolute atomic E-state index is 12.1. The highest BCUT2D eigenvalue weighted by Gasteiger charge is 2.13. The van der Waals surface area contributed by atoms with Crippen LogP contribution in [-0.4, -0.2) is 36.2 Å². The van der Waals surface area contributed by atoms with Gasteiger partial charge in [-0.05, 0) is 30.2 Å². The molecule has 0 atom stereocenters. The SMILES string of the molecule is CCN1CCC(=NNC(=O)c2ccc(C(C)C)cc2)CC1. The number of nitrogens with zero attached hydrogens (tertiary/aromatic N) is 2. The molecule has 0 spiro atoms. The number of rotatable bonds is 4. The van der Waals surface area contributed by atoms with Crippen molar-refractivity contribution in [2.45, 2.75) is 39.5 Å². The average molecular weight is 287 g/mol. The number of hydrogen-bond donors (Lipinski definition) is 1. The molecule has 1 aromatic rings. The zero-order chi connectivity index (χ0) is 15.2. The Morgan fingerprint density at radius 3 is 2.38 bits per heavy atom. The predicted octanol–water partition coefficient (Wildman–Crippen LogP) is 3.01. The van der Waals surface area contributed by atoms with Crippen LogP contribution < -0.4 is 5.43 Å². The van der Waals surface area contributed by atoms with Crippen LogP contribution in [0, 0.1) is 0 Å². The molecule has 1 saturated heterocycles. The average Bonchev–Trinajstić information content (AvgIpc) is 2.53. The summed E-state index contributed by atoms with van der Waals surface area (Å²) in [6.07, 6.45) is 1.89. The fraction of sp³-hybridized carbons (Fsp3) is 0.529. The summed E-state index contributed by atoms with van der Waals surface area (Å²) in [5.41, 5.74) is 5.67. The van der Waals surface area contributed by atoms with E-state index in [1.807, 2.05) is 24.3 Å². The van der Waals surface area contributed by atoms with Crippen molar-refractivity contribution in [2.75, 3.05) is 19.6 Å². The molecule has 0 radical (unpaired) electrons. The molecule has 0 aliphatic carbocycles. The summed E-state index contributed by atoms with van der Waals surface area (Å²) in [5.74, 6) is 0.349. The Balaban J connectivity index is 1.90. The van der Waals surface area contributed by atoms with E-state index in [0.29, 0.717) is 11.5 Å². The molecule has 0 bridgehead atoms. The summed E-state index contributed by atoms with van der Waals surface area (Å²) < 4.78 is 0. The van der Waals surface area contributed by atoms with Crippen molar-refractivity contribution in [2.24, 2.45) is 5.10 Å². The van der Waals surface area contributed by atoms with Gasteiger partial charge in [0.05, 0.1) is 0 Å². The van der Waals surface area contributed by atoms with Crippen LogP contribution in [0.1, 0.15) is 55.5 Å². The molecule has 1 aromatic carbocycles. The molecule has 2 rings (SSSR count). The van der Waals surface area contributed by atoms with E-state index in [-0.39, 0.29) is 5.91 Å². The normalized spacial score (nSPS) is 16.1. The molecule has 1 N–H and O–H groups in total. The van der Waals surface area contributed by atoms with Crippen molar-refractivity contribution in [3.8, 4) is 0 Å². The minimum absolute atomic E-state index is 0.129. The zero-order valence-electron chi connectivity index (χ0n) is 13.2. The molecular formula is C17H25N3O. The Morgan fingerprint density at radius 2 is 1.86 bits per heavy atom. The Labute approximate surface area is 127 Å². The number of carbonyl (C=O) groups excluding carboxylic acids is 1. The molecule has 1 aliphatic heterocycles. The number of nitrogens with one attached hydrogen (secondary N) is 1. The van der Waals surface area contributed by atoms with Gasteiger partial charge < -0.3 is 4.90 Å². The van der Waals surface area contributed by atoms with E-state index in [1.165, 1.54) is 5.56 Å². The molecule has 4 heteroatoms. The van der Waals surface area contributed by atoms with Gasteiger partial charge in [0.2, 0.25) is 0 Å². The van der Waals surface area contributed by atoms with Gasteiger partial charge in [-0.1, -0.05) is 32.9 Å². The molecule has 0 unspecified atom stereocenters. The van der Waals surface area contributed by atoms with Gasteiger partial charge in [-0.15, -0.1) is 0 Å². The molecular weight excluding hydrogens is 262 g/mol. The lowest BCUT2D eigenvalue weighted by molar-refractivity contribution is 0.0954. The Morgan fingerprint density at radius 1 is 1.24 bits per heavy atom. The van der Waals surface area contributed by atoms with Crippen LogP contribution in [0.3, 0.4) is 0 Å². The Bertz CT molecular complexity index is 495. The molecule has 1 amide bonds. The van der Waals surface area contributed by atoms with E-state index in [0.717, 1.165) is 38.2 Å². The monoisotopic (exact) mass is 287 g/mol. The second kappa shape index (κ2) is 7.36. The maximum atomic E-state index is 12.1. The third-order valence-corrected chi connectivity index (χ3v) is 4.04. The van der Waals surface area contributed by atoms with E-state index in [1.54, 1.807) is 0 Å². The molecule has 1 aliphatic rings. The predicted molar refractivity (Wildman–Crippen MR) is 86.8 cm³/mol. The van der Waals surface area contributed by atoms with Crippen molar-refractivity contribution in [3.05, 3.63) is 35.4 Å². The third kappa shape index (κ3) is 4.39. The Hall–Kier alpha value is -1.68. The summed E-state index contributed by atoms with van der Waals surface area (Å²) >= 11 is 0. The van der Waals surface area contributed by atoms with Crippen molar-refractivity contribution in [1.29, 1.82) is 0 Å². The van der Waals surface area contributed by atoms with Crippen molar-refractivity contribution in [3.63, 3.8) is 0 Å². The summed E-state index contributed by atoms with van der Waals surface area (Å²) in [5, 5.41) is 4.28. The Kier molecular flexibility index (Phi) is 5.51. The first-order chi connectivity index (χ1) is 10.1. The van der Waals surface area contributed by atoms with Crippen LogP contribution >= 0.6 is 0 Å². The summed E-state index contributed by atoms with van der Waals surface area (Å²) in [6.45, 7) is 9.61. The summed E-state index contributed by atoms with van der Waals surface area (Å²) in [4.78, 5) is 14.5. The van der Waals surface area contributed by atoms with Crippen LogP contribution in [-0.2, 0) is 0 Å². The van der Waals surface area contributed by atoms with E-state index < -0.39 is 0 Å². The quantitative estimate of drug-likeness (QED) is 0.865. The molecule has 4 nitrogen and oxygen atoms in total. The number of benzene rings is 1. The lowest BCUT2D eigenvalue weighted by atomic mass is 10.0. The van der Waals surface area contributed by atoms with Gasteiger partial charge >= 0.3 is 0 Å². The minimum atomic E-state index is -0.129. The van der Waals surface area contributed by atoms with Crippen LogP contribution in [0.15, 0.2) is 29.4 Å². The van der Waals surface area contributed by atoms with Gasteiger partial charge in [0, 0.05) is 37.2 Å². The van der Waals surface area contributed by atoms with Crippen LogP contribution in [0.5, 0.6) is 0 Å². The lowest BCUT2D eigenvalue weighted by Crippen LogP contribution is -2.34. The topological polar surface area (TPSA) is 44.7 Å². The first-order valence-corrected chi connectivity index (χ1v) is 7.78. The second-order valence-corrected chi connectivity index (χ2v) is 5.83. The number of hydrazone groups is 1. The van der Waals surface area contributed by atoms with Gasteiger partial charge in [-0.2, -0.15) is 5.10 Å². The van der Waals surface area contributed by atoms with Crippen LogP contribution in [0.4, 0.5) is 0 Å². The summed E-state index contributed by atoms with van der Waals surface area (Å²) in [7, 11) is 0. The third-order valence-electron chi connectivity index (χ3n) is 4.04.